The summed E-state index contributed by atoms with van der Waals surface area (Å²) in [4.78, 5) is 25.1. The molecule has 5 nitrogen and oxygen atoms in total. The number of carbonyl (C=O) groups excluding carboxylic acids is 1. The molecule has 10 atom stereocenters. The minimum Gasteiger partial charge on any atom is -0.478 e. The normalized spacial score (nSPS) is 46.4. The third-order valence-corrected chi connectivity index (χ3v) is 11.9. The van der Waals surface area contributed by atoms with Crippen molar-refractivity contribution in [1.82, 2.24) is 0 Å². The van der Waals surface area contributed by atoms with Gasteiger partial charge in [0.25, 0.3) is 0 Å². The lowest BCUT2D eigenvalue weighted by atomic mass is 9.36. The molecule has 0 aliphatic heterocycles. The Morgan fingerprint density at radius 1 is 1.00 bits per heavy atom. The van der Waals surface area contributed by atoms with E-state index in [2.05, 4.69) is 33.8 Å². The number of aliphatic carboxylic acids is 1. The van der Waals surface area contributed by atoms with Crippen LogP contribution >= 0.6 is 0 Å². The number of carboxylic acid groups (broad SMARTS) is 1. The van der Waals surface area contributed by atoms with E-state index < -0.39 is 12.1 Å². The van der Waals surface area contributed by atoms with Crippen LogP contribution in [0.15, 0.2) is 22.8 Å². The van der Waals surface area contributed by atoms with Crippen molar-refractivity contribution in [3.8, 4) is 0 Å². The Morgan fingerprint density at radius 3 is 2.27 bits per heavy atom. The first-order valence-electron chi connectivity index (χ1n) is 14.6. The van der Waals surface area contributed by atoms with Gasteiger partial charge in [-0.25, -0.2) is 4.79 Å². The zero-order valence-electron chi connectivity index (χ0n) is 24.1. The second-order valence-electron chi connectivity index (χ2n) is 14.2. The third kappa shape index (κ3) is 4.46. The van der Waals surface area contributed by atoms with E-state index in [-0.39, 0.29) is 51.8 Å². The fourth-order valence-electron chi connectivity index (χ4n) is 10.3. The molecule has 208 valence electrons. The van der Waals surface area contributed by atoms with Crippen LogP contribution in [0.1, 0.15) is 106 Å². The standard InChI is InChI=1S/C32H50O5/c1-18(2)9-8-10-22(29(36)37)27-21(15-19(3)33)17-32(7)24(27)16-26(35)28-30(5)13-12-25(34)20(4)23(30)11-14-31(28,32)6/h9,20-21,23-26,28,34-35H,8,10-17H2,1-7H3,(H,36,37)/b27-22+/t20-,21?,23-,24-,25+,26+,28-,30-,31-,32-/m0/s1. The maximum Gasteiger partial charge on any atom is 0.331 e. The molecule has 1 unspecified atom stereocenters. The molecule has 0 aromatic heterocycles. The molecule has 0 aromatic rings. The van der Waals surface area contributed by atoms with Gasteiger partial charge < -0.3 is 20.1 Å². The smallest absolute Gasteiger partial charge is 0.331 e. The molecule has 0 saturated heterocycles. The summed E-state index contributed by atoms with van der Waals surface area (Å²) in [6, 6.07) is 0. The molecule has 0 heterocycles. The van der Waals surface area contributed by atoms with Crippen molar-refractivity contribution in [2.24, 2.45) is 45.8 Å². The van der Waals surface area contributed by atoms with E-state index in [0.717, 1.165) is 37.7 Å². The molecule has 0 radical (unpaired) electrons. The molecular formula is C32H50O5. The molecule has 4 aliphatic rings. The molecule has 4 fully saturated rings. The molecule has 4 aliphatic carbocycles. The van der Waals surface area contributed by atoms with Gasteiger partial charge in [-0.3, -0.25) is 0 Å². The van der Waals surface area contributed by atoms with Gasteiger partial charge in [-0.05, 0) is 118 Å². The van der Waals surface area contributed by atoms with E-state index in [1.54, 1.807) is 6.92 Å². The average Bonchev–Trinajstić information content (AvgIpc) is 3.05. The molecule has 5 heteroatoms. The van der Waals surface area contributed by atoms with E-state index in [9.17, 15) is 24.9 Å². The van der Waals surface area contributed by atoms with Crippen molar-refractivity contribution in [1.29, 1.82) is 0 Å². The van der Waals surface area contributed by atoms with Crippen molar-refractivity contribution in [2.45, 2.75) is 118 Å². The SMILES string of the molecule is CC(=O)CC1C[C@@]2(C)[C@@H](C[C@@H](O)[C@H]3[C@@]4(C)CC[C@@H](O)[C@@H](C)[C@@H]4CC[C@@]32C)/C1=C(\CCC=C(C)C)C(=O)O. The first kappa shape index (κ1) is 28.5. The second-order valence-corrected chi connectivity index (χ2v) is 14.2. The maximum absolute atomic E-state index is 12.7. The fraction of sp³-hybridized carbons (Fsp3) is 0.812. The van der Waals surface area contributed by atoms with E-state index in [4.69, 9.17) is 0 Å². The number of Topliss-reactive ketones (excluding diaryl/α,β-unsaturated/α-hetero) is 1. The number of allylic oxidation sites excluding steroid dienone is 3. The van der Waals surface area contributed by atoms with Gasteiger partial charge >= 0.3 is 5.97 Å². The number of carboxylic acids is 1. The Balaban J connectivity index is 1.82. The Labute approximate surface area is 223 Å². The van der Waals surface area contributed by atoms with Crippen molar-refractivity contribution < 1.29 is 24.9 Å². The third-order valence-electron chi connectivity index (χ3n) is 11.9. The maximum atomic E-state index is 12.7. The summed E-state index contributed by atoms with van der Waals surface area (Å²) in [7, 11) is 0. The summed E-state index contributed by atoms with van der Waals surface area (Å²) in [5, 5.41) is 33.0. The van der Waals surface area contributed by atoms with Crippen LogP contribution < -0.4 is 0 Å². The summed E-state index contributed by atoms with van der Waals surface area (Å²) in [6.45, 7) is 14.9. The average molecular weight is 515 g/mol. The van der Waals surface area contributed by atoms with Gasteiger partial charge in [0.15, 0.2) is 0 Å². The number of fused-ring (bicyclic) bond motifs is 5. The molecule has 0 amide bonds. The van der Waals surface area contributed by atoms with Gasteiger partial charge in [-0.2, -0.15) is 0 Å². The van der Waals surface area contributed by atoms with Crippen LogP contribution in [0, 0.1) is 45.8 Å². The largest absolute Gasteiger partial charge is 0.478 e. The second kappa shape index (κ2) is 9.93. The highest BCUT2D eigenvalue weighted by Gasteiger charge is 2.70. The van der Waals surface area contributed by atoms with Gasteiger partial charge in [0.2, 0.25) is 0 Å². The highest BCUT2D eigenvalue weighted by Crippen LogP contribution is 2.75. The summed E-state index contributed by atoms with van der Waals surface area (Å²) in [5.74, 6) is -0.171. The van der Waals surface area contributed by atoms with Crippen LogP contribution in [0.25, 0.3) is 0 Å². The predicted octanol–water partition coefficient (Wildman–Crippen LogP) is 6.33. The van der Waals surface area contributed by atoms with E-state index in [1.807, 2.05) is 13.8 Å². The molecule has 37 heavy (non-hydrogen) atoms. The first-order chi connectivity index (χ1) is 17.2. The minimum atomic E-state index is -0.873. The molecule has 0 aromatic carbocycles. The lowest BCUT2D eigenvalue weighted by molar-refractivity contribution is -0.233. The Morgan fingerprint density at radius 2 is 1.68 bits per heavy atom. The monoisotopic (exact) mass is 514 g/mol. The van der Waals surface area contributed by atoms with Crippen LogP contribution in [0.3, 0.4) is 0 Å². The molecular weight excluding hydrogens is 464 g/mol. The van der Waals surface area contributed by atoms with Crippen LogP contribution in [0.4, 0.5) is 0 Å². The Bertz CT molecular complexity index is 991. The lowest BCUT2D eigenvalue weighted by Gasteiger charge is -2.69. The van der Waals surface area contributed by atoms with E-state index >= 15 is 0 Å². The van der Waals surface area contributed by atoms with Crippen molar-refractivity contribution in [3.05, 3.63) is 22.8 Å². The van der Waals surface area contributed by atoms with Crippen LogP contribution in [-0.2, 0) is 9.59 Å². The molecule has 4 rings (SSSR count). The Kier molecular flexibility index (Phi) is 7.66. The predicted molar refractivity (Wildman–Crippen MR) is 146 cm³/mol. The van der Waals surface area contributed by atoms with E-state index in [0.29, 0.717) is 37.2 Å². The number of aliphatic hydroxyl groups is 2. The number of hydrogen-bond donors (Lipinski definition) is 3. The topological polar surface area (TPSA) is 94.8 Å². The number of rotatable bonds is 6. The fourth-order valence-corrected chi connectivity index (χ4v) is 10.3. The first-order valence-corrected chi connectivity index (χ1v) is 14.6. The van der Waals surface area contributed by atoms with E-state index in [1.165, 1.54) is 5.57 Å². The van der Waals surface area contributed by atoms with Crippen LogP contribution in [0.2, 0.25) is 0 Å². The summed E-state index contributed by atoms with van der Waals surface area (Å²) < 4.78 is 0. The van der Waals surface area contributed by atoms with Crippen LogP contribution in [-0.4, -0.2) is 39.3 Å². The number of aliphatic hydroxyl groups excluding tert-OH is 2. The highest BCUT2D eigenvalue weighted by molar-refractivity contribution is 5.88. The van der Waals surface area contributed by atoms with Crippen molar-refractivity contribution in [2.75, 3.05) is 0 Å². The zero-order chi connectivity index (χ0) is 27.5. The quantitative estimate of drug-likeness (QED) is 0.284. The minimum absolute atomic E-state index is 0.0299. The van der Waals surface area contributed by atoms with Gasteiger partial charge in [0.05, 0.1) is 12.2 Å². The molecule has 0 bridgehead atoms. The lowest BCUT2D eigenvalue weighted by Crippen LogP contribution is -2.65. The van der Waals surface area contributed by atoms with Gasteiger partial charge in [0.1, 0.15) is 5.78 Å². The van der Waals surface area contributed by atoms with Gasteiger partial charge in [-0.1, -0.05) is 44.9 Å². The summed E-state index contributed by atoms with van der Waals surface area (Å²) in [6.07, 6.45) is 7.88. The zero-order valence-corrected chi connectivity index (χ0v) is 24.1. The number of ketones is 1. The van der Waals surface area contributed by atoms with Gasteiger partial charge in [-0.15, -0.1) is 0 Å². The molecule has 0 spiro atoms. The number of hydrogen-bond acceptors (Lipinski definition) is 4. The molecule has 3 N–H and O–H groups in total. The summed E-state index contributed by atoms with van der Waals surface area (Å²) >= 11 is 0. The summed E-state index contributed by atoms with van der Waals surface area (Å²) in [5.41, 5.74) is 2.19. The van der Waals surface area contributed by atoms with Crippen molar-refractivity contribution in [3.63, 3.8) is 0 Å². The molecule has 4 saturated carbocycles. The van der Waals surface area contributed by atoms with Gasteiger partial charge in [0, 0.05) is 12.0 Å². The Hall–Kier alpha value is -1.46. The van der Waals surface area contributed by atoms with Crippen LogP contribution in [0.5, 0.6) is 0 Å². The number of carbonyl (C=O) groups is 2. The van der Waals surface area contributed by atoms with Crippen molar-refractivity contribution >= 4 is 11.8 Å². The highest BCUT2D eigenvalue weighted by atomic mass is 16.4.